The number of benzene rings is 2. The molecular weight excluding hydrogens is 266 g/mol. The van der Waals surface area contributed by atoms with Gasteiger partial charge in [0, 0.05) is 16.5 Å². The SMILES string of the molecule is C1=CC2Cc3cccc4c3C3=c5c(cccc5=CC(=C1)N32)C4. The van der Waals surface area contributed by atoms with Crippen LogP contribution in [0, 0.1) is 0 Å². The lowest BCUT2D eigenvalue weighted by Crippen LogP contribution is -2.50. The Morgan fingerprint density at radius 3 is 2.82 bits per heavy atom. The van der Waals surface area contributed by atoms with E-state index in [1.54, 1.807) is 0 Å². The van der Waals surface area contributed by atoms with Crippen LogP contribution in [-0.2, 0) is 12.8 Å². The van der Waals surface area contributed by atoms with Gasteiger partial charge in [-0.3, -0.25) is 0 Å². The molecule has 0 saturated heterocycles. The van der Waals surface area contributed by atoms with E-state index in [0.717, 1.165) is 12.8 Å². The molecule has 1 atom stereocenters. The maximum atomic E-state index is 2.57. The molecule has 2 aromatic rings. The first kappa shape index (κ1) is 11.1. The minimum absolute atomic E-state index is 0.466. The third-order valence-corrected chi connectivity index (χ3v) is 5.46. The van der Waals surface area contributed by atoms with Gasteiger partial charge < -0.3 is 4.90 Å². The Morgan fingerprint density at radius 2 is 1.82 bits per heavy atom. The van der Waals surface area contributed by atoms with Crippen molar-refractivity contribution in [1.82, 2.24) is 4.90 Å². The Bertz CT molecular complexity index is 1040. The molecule has 3 aliphatic heterocycles. The second kappa shape index (κ2) is 3.61. The molecule has 1 unspecified atom stereocenters. The molecule has 1 heteroatoms. The average Bonchev–Trinajstić information content (AvgIpc) is 2.55. The van der Waals surface area contributed by atoms with E-state index in [1.807, 2.05) is 0 Å². The lowest BCUT2D eigenvalue weighted by atomic mass is 9.79. The molecule has 1 nitrogen and oxygen atoms in total. The van der Waals surface area contributed by atoms with Gasteiger partial charge in [0.2, 0.25) is 0 Å². The Hall–Kier alpha value is -2.54. The van der Waals surface area contributed by atoms with Gasteiger partial charge in [-0.1, -0.05) is 48.6 Å². The molecule has 6 rings (SSSR count). The fraction of sp³-hybridized carbons (Fsp3) is 0.143. The summed E-state index contributed by atoms with van der Waals surface area (Å²) in [5.41, 5.74) is 8.79. The van der Waals surface area contributed by atoms with Crippen LogP contribution in [0.5, 0.6) is 0 Å². The zero-order valence-corrected chi connectivity index (χ0v) is 12.2. The number of rotatable bonds is 0. The van der Waals surface area contributed by atoms with E-state index in [9.17, 15) is 0 Å². The van der Waals surface area contributed by atoms with E-state index in [-0.39, 0.29) is 0 Å². The van der Waals surface area contributed by atoms with Crippen molar-refractivity contribution in [1.29, 1.82) is 0 Å². The van der Waals surface area contributed by atoms with Crippen molar-refractivity contribution in [3.05, 3.63) is 93.0 Å². The molecule has 22 heavy (non-hydrogen) atoms. The molecular formula is C21H15N. The first-order valence-corrected chi connectivity index (χ1v) is 8.03. The van der Waals surface area contributed by atoms with Gasteiger partial charge >= 0.3 is 0 Å². The van der Waals surface area contributed by atoms with Gasteiger partial charge in [-0.05, 0) is 46.9 Å². The van der Waals surface area contributed by atoms with Crippen molar-refractivity contribution in [3.8, 4) is 0 Å². The first-order valence-electron chi connectivity index (χ1n) is 8.03. The van der Waals surface area contributed by atoms with Crippen LogP contribution in [0.3, 0.4) is 0 Å². The van der Waals surface area contributed by atoms with Gasteiger partial charge in [-0.25, -0.2) is 0 Å². The van der Waals surface area contributed by atoms with Crippen molar-refractivity contribution in [3.63, 3.8) is 0 Å². The number of allylic oxidation sites excluding steroid dienone is 3. The highest BCUT2D eigenvalue weighted by Crippen LogP contribution is 2.40. The molecule has 3 heterocycles. The first-order chi connectivity index (χ1) is 10.9. The molecule has 0 fully saturated rings. The maximum absolute atomic E-state index is 2.57. The molecule has 0 spiro atoms. The van der Waals surface area contributed by atoms with Crippen LogP contribution in [0.2, 0.25) is 0 Å². The van der Waals surface area contributed by atoms with Crippen molar-refractivity contribution < 1.29 is 0 Å². The van der Waals surface area contributed by atoms with E-state index in [2.05, 4.69) is 65.6 Å². The molecule has 104 valence electrons. The summed E-state index contributed by atoms with van der Waals surface area (Å²) in [4.78, 5) is 2.57. The predicted octanol–water partition coefficient (Wildman–Crippen LogP) is 2.22. The summed E-state index contributed by atoms with van der Waals surface area (Å²) in [6.07, 6.45) is 11.4. The monoisotopic (exact) mass is 281 g/mol. The summed E-state index contributed by atoms with van der Waals surface area (Å²) in [7, 11) is 0. The quantitative estimate of drug-likeness (QED) is 0.716. The Morgan fingerprint density at radius 1 is 0.955 bits per heavy atom. The van der Waals surface area contributed by atoms with E-state index in [4.69, 9.17) is 0 Å². The van der Waals surface area contributed by atoms with Gasteiger partial charge in [0.05, 0.1) is 11.7 Å². The molecule has 0 bridgehead atoms. The van der Waals surface area contributed by atoms with Crippen LogP contribution in [0.15, 0.2) is 60.3 Å². The fourth-order valence-corrected chi connectivity index (χ4v) is 4.62. The molecule has 4 aliphatic rings. The van der Waals surface area contributed by atoms with E-state index < -0.39 is 0 Å². The third-order valence-electron chi connectivity index (χ3n) is 5.46. The summed E-state index contributed by atoms with van der Waals surface area (Å²) in [6.45, 7) is 0. The topological polar surface area (TPSA) is 3.24 Å². The highest BCUT2D eigenvalue weighted by atomic mass is 15.2. The van der Waals surface area contributed by atoms with Crippen LogP contribution < -0.4 is 10.4 Å². The standard InChI is InChI=1S/C21H15N/c1-4-13-10-14-5-2-7-16-12-18-9-3-8-17-11-15(6-1)19(13)21(20(14)16)22(17)18/h1-9,11,18H,10,12H2. The van der Waals surface area contributed by atoms with Crippen molar-refractivity contribution >= 4 is 11.8 Å². The Kier molecular flexibility index (Phi) is 1.82. The fourth-order valence-electron chi connectivity index (χ4n) is 4.62. The highest BCUT2D eigenvalue weighted by molar-refractivity contribution is 5.80. The van der Waals surface area contributed by atoms with Gasteiger partial charge in [0.1, 0.15) is 0 Å². The largest absolute Gasteiger partial charge is 0.333 e. The van der Waals surface area contributed by atoms with Gasteiger partial charge in [0.25, 0.3) is 0 Å². The van der Waals surface area contributed by atoms with Gasteiger partial charge in [-0.15, -0.1) is 0 Å². The average molecular weight is 281 g/mol. The smallest absolute Gasteiger partial charge is 0.0578 e. The molecule has 0 N–H and O–H groups in total. The molecule has 2 aromatic carbocycles. The zero-order valence-electron chi connectivity index (χ0n) is 12.2. The highest BCUT2D eigenvalue weighted by Gasteiger charge is 2.36. The van der Waals surface area contributed by atoms with Crippen LogP contribution in [0.25, 0.3) is 11.8 Å². The van der Waals surface area contributed by atoms with E-state index >= 15 is 0 Å². The molecule has 1 aliphatic carbocycles. The lowest BCUT2D eigenvalue weighted by Gasteiger charge is -2.45. The maximum Gasteiger partial charge on any atom is 0.0578 e. The van der Waals surface area contributed by atoms with Crippen molar-refractivity contribution in [2.75, 3.05) is 0 Å². The summed E-state index contributed by atoms with van der Waals surface area (Å²) >= 11 is 0. The Balaban J connectivity index is 1.90. The number of nitrogens with zero attached hydrogens (tertiary/aromatic N) is 1. The number of hydrogen-bond donors (Lipinski definition) is 0. The van der Waals surface area contributed by atoms with E-state index in [0.29, 0.717) is 6.04 Å². The summed E-state index contributed by atoms with van der Waals surface area (Å²) in [5.74, 6) is 0. The molecule has 0 aromatic heterocycles. The second-order valence-corrected chi connectivity index (χ2v) is 6.62. The minimum atomic E-state index is 0.466. The van der Waals surface area contributed by atoms with Gasteiger partial charge in [0.15, 0.2) is 0 Å². The zero-order chi connectivity index (χ0) is 14.3. The van der Waals surface area contributed by atoms with Gasteiger partial charge in [-0.2, -0.15) is 0 Å². The second-order valence-electron chi connectivity index (χ2n) is 6.62. The van der Waals surface area contributed by atoms with Crippen LogP contribution >= 0.6 is 0 Å². The molecule has 0 amide bonds. The normalized spacial score (nSPS) is 22.0. The third kappa shape index (κ3) is 1.17. The summed E-state index contributed by atoms with van der Waals surface area (Å²) in [5, 5.41) is 2.85. The van der Waals surface area contributed by atoms with Crippen LogP contribution in [0.4, 0.5) is 0 Å². The van der Waals surface area contributed by atoms with Crippen LogP contribution in [0.1, 0.15) is 22.3 Å². The minimum Gasteiger partial charge on any atom is -0.333 e. The predicted molar refractivity (Wildman–Crippen MR) is 88.5 cm³/mol. The lowest BCUT2D eigenvalue weighted by molar-refractivity contribution is 0.400. The molecule has 0 radical (unpaired) electrons. The van der Waals surface area contributed by atoms with Crippen molar-refractivity contribution in [2.24, 2.45) is 0 Å². The van der Waals surface area contributed by atoms with Crippen molar-refractivity contribution in [2.45, 2.75) is 18.9 Å². The number of hydrogen-bond acceptors (Lipinski definition) is 1. The Labute approximate surface area is 129 Å². The van der Waals surface area contributed by atoms with E-state index in [1.165, 1.54) is 44.1 Å². The molecule has 0 saturated carbocycles. The summed E-state index contributed by atoms with van der Waals surface area (Å²) in [6, 6.07) is 14.1. The van der Waals surface area contributed by atoms with Crippen LogP contribution in [-0.4, -0.2) is 10.9 Å². The summed E-state index contributed by atoms with van der Waals surface area (Å²) < 4.78 is 0.